The number of aromatic nitrogens is 3. The summed E-state index contributed by atoms with van der Waals surface area (Å²) in [7, 11) is 0. The molecule has 0 radical (unpaired) electrons. The lowest BCUT2D eigenvalue weighted by Crippen LogP contribution is -2.47. The number of aryl methyl sites for hydroxylation is 1. The summed E-state index contributed by atoms with van der Waals surface area (Å²) in [6.07, 6.45) is 6.95. The second-order valence-corrected chi connectivity index (χ2v) is 7.06. The van der Waals surface area contributed by atoms with Gasteiger partial charge in [-0.05, 0) is 30.2 Å². The van der Waals surface area contributed by atoms with Crippen molar-refractivity contribution in [3.05, 3.63) is 77.9 Å². The van der Waals surface area contributed by atoms with Gasteiger partial charge in [-0.25, -0.2) is 9.97 Å². The van der Waals surface area contributed by atoms with Gasteiger partial charge >= 0.3 is 0 Å². The van der Waals surface area contributed by atoms with E-state index in [2.05, 4.69) is 30.1 Å². The molecule has 3 aromatic rings. The molecule has 1 aromatic carbocycles. The highest BCUT2D eigenvalue weighted by atomic mass is 16.1. The van der Waals surface area contributed by atoms with E-state index in [1.54, 1.807) is 18.6 Å². The van der Waals surface area contributed by atoms with Gasteiger partial charge < -0.3 is 15.1 Å². The summed E-state index contributed by atoms with van der Waals surface area (Å²) < 4.78 is 0. The molecule has 1 N–H and O–H groups in total. The van der Waals surface area contributed by atoms with Gasteiger partial charge in [0.2, 0.25) is 5.95 Å². The monoisotopic (exact) mass is 388 g/mol. The number of nitrogens with one attached hydrogen (secondary N) is 1. The van der Waals surface area contributed by atoms with Crippen molar-refractivity contribution >= 4 is 17.5 Å². The van der Waals surface area contributed by atoms with E-state index in [1.807, 2.05) is 49.5 Å². The predicted octanol–water partition coefficient (Wildman–Crippen LogP) is 2.44. The Labute approximate surface area is 170 Å². The molecule has 0 atom stereocenters. The Balaban J connectivity index is 1.37. The van der Waals surface area contributed by atoms with E-state index in [9.17, 15) is 4.79 Å². The minimum absolute atomic E-state index is 0.112. The van der Waals surface area contributed by atoms with Crippen LogP contribution in [0.25, 0.3) is 0 Å². The van der Waals surface area contributed by atoms with Crippen LogP contribution in [0.2, 0.25) is 0 Å². The summed E-state index contributed by atoms with van der Waals surface area (Å²) in [5.41, 5.74) is 3.82. The Morgan fingerprint density at radius 3 is 2.48 bits per heavy atom. The summed E-state index contributed by atoms with van der Waals surface area (Å²) in [6.45, 7) is 5.86. The molecule has 4 rings (SSSR count). The van der Waals surface area contributed by atoms with Crippen LogP contribution in [0.4, 0.5) is 11.6 Å². The maximum Gasteiger partial charge on any atom is 0.253 e. The zero-order valence-electron chi connectivity index (χ0n) is 16.5. The molecule has 0 aliphatic carbocycles. The van der Waals surface area contributed by atoms with Gasteiger partial charge in [-0.2, -0.15) is 0 Å². The molecule has 7 nitrogen and oxygen atoms in total. The van der Waals surface area contributed by atoms with Crippen LogP contribution in [0.5, 0.6) is 0 Å². The van der Waals surface area contributed by atoms with Gasteiger partial charge in [0.15, 0.2) is 0 Å². The van der Waals surface area contributed by atoms with Crippen molar-refractivity contribution in [2.75, 3.05) is 36.0 Å². The molecule has 2 aromatic heterocycles. The Kier molecular flexibility index (Phi) is 5.65. The fraction of sp³-hybridized carbons (Fsp3) is 0.273. The number of rotatable bonds is 5. The first-order chi connectivity index (χ1) is 14.2. The standard InChI is InChI=1S/C22H24N6O/c1-17-5-2-3-6-18(17)15-26-21(29)19-13-20(16-23-14-19)27-9-11-28(12-10-27)22-24-7-4-8-25-22/h2-8,13-14,16H,9-12,15H2,1H3,(H,26,29). The van der Waals surface area contributed by atoms with Gasteiger partial charge in [0.25, 0.3) is 5.91 Å². The largest absolute Gasteiger partial charge is 0.367 e. The van der Waals surface area contributed by atoms with Gasteiger partial charge in [-0.1, -0.05) is 24.3 Å². The van der Waals surface area contributed by atoms with Crippen molar-refractivity contribution in [1.29, 1.82) is 0 Å². The zero-order chi connectivity index (χ0) is 20.1. The number of hydrogen-bond donors (Lipinski definition) is 1. The molecule has 3 heterocycles. The van der Waals surface area contributed by atoms with Gasteiger partial charge in [0, 0.05) is 51.3 Å². The lowest BCUT2D eigenvalue weighted by Gasteiger charge is -2.35. The number of carbonyl (C=O) groups excluding carboxylic acids is 1. The number of amides is 1. The van der Waals surface area contributed by atoms with Crippen molar-refractivity contribution < 1.29 is 4.79 Å². The molecule has 0 unspecified atom stereocenters. The topological polar surface area (TPSA) is 74.2 Å². The number of carbonyl (C=O) groups is 1. The summed E-state index contributed by atoms with van der Waals surface area (Å²) >= 11 is 0. The average Bonchev–Trinajstić information content (AvgIpc) is 2.79. The van der Waals surface area contributed by atoms with Gasteiger partial charge in [-0.15, -0.1) is 0 Å². The average molecular weight is 388 g/mol. The summed E-state index contributed by atoms with van der Waals surface area (Å²) in [5.74, 6) is 0.647. The first-order valence-electron chi connectivity index (χ1n) is 9.75. The fourth-order valence-corrected chi connectivity index (χ4v) is 3.43. The van der Waals surface area contributed by atoms with Gasteiger partial charge in [-0.3, -0.25) is 9.78 Å². The lowest BCUT2D eigenvalue weighted by molar-refractivity contribution is 0.0950. The summed E-state index contributed by atoms with van der Waals surface area (Å²) in [5, 5.41) is 2.99. The third-order valence-corrected chi connectivity index (χ3v) is 5.17. The second kappa shape index (κ2) is 8.68. The fourth-order valence-electron chi connectivity index (χ4n) is 3.43. The lowest BCUT2D eigenvalue weighted by atomic mass is 10.1. The Hall–Kier alpha value is -3.48. The van der Waals surface area contributed by atoms with Crippen LogP contribution in [0.1, 0.15) is 21.5 Å². The van der Waals surface area contributed by atoms with E-state index in [0.717, 1.165) is 43.4 Å². The second-order valence-electron chi connectivity index (χ2n) is 7.06. The molecular formula is C22H24N6O. The molecule has 0 bridgehead atoms. The van der Waals surface area contributed by atoms with E-state index in [-0.39, 0.29) is 5.91 Å². The highest BCUT2D eigenvalue weighted by molar-refractivity contribution is 5.94. The van der Waals surface area contributed by atoms with Crippen LogP contribution in [0.15, 0.2) is 61.2 Å². The maximum atomic E-state index is 12.6. The first kappa shape index (κ1) is 18.9. The molecule has 29 heavy (non-hydrogen) atoms. The summed E-state index contributed by atoms with van der Waals surface area (Å²) in [6, 6.07) is 11.8. The van der Waals surface area contributed by atoms with Crippen molar-refractivity contribution in [3.8, 4) is 0 Å². The van der Waals surface area contributed by atoms with Crippen molar-refractivity contribution in [2.45, 2.75) is 13.5 Å². The highest BCUT2D eigenvalue weighted by Crippen LogP contribution is 2.18. The van der Waals surface area contributed by atoms with Gasteiger partial charge in [0.1, 0.15) is 0 Å². The molecule has 0 spiro atoms. The SMILES string of the molecule is Cc1ccccc1CNC(=O)c1cncc(N2CCN(c3ncccn3)CC2)c1. The van der Waals surface area contributed by atoms with Crippen LogP contribution in [-0.2, 0) is 6.54 Å². The number of hydrogen-bond acceptors (Lipinski definition) is 6. The molecule has 1 amide bonds. The number of benzene rings is 1. The minimum Gasteiger partial charge on any atom is -0.367 e. The van der Waals surface area contributed by atoms with E-state index >= 15 is 0 Å². The Morgan fingerprint density at radius 1 is 1.00 bits per heavy atom. The smallest absolute Gasteiger partial charge is 0.253 e. The Morgan fingerprint density at radius 2 is 1.72 bits per heavy atom. The summed E-state index contributed by atoms with van der Waals surface area (Å²) in [4.78, 5) is 29.9. The van der Waals surface area contributed by atoms with Crippen LogP contribution in [0, 0.1) is 6.92 Å². The quantitative estimate of drug-likeness (QED) is 0.724. The third-order valence-electron chi connectivity index (χ3n) is 5.17. The number of pyridine rings is 1. The normalized spacial score (nSPS) is 14.0. The van der Waals surface area contributed by atoms with Crippen LogP contribution in [-0.4, -0.2) is 47.0 Å². The molecule has 1 saturated heterocycles. The van der Waals surface area contributed by atoms with Crippen LogP contribution in [0.3, 0.4) is 0 Å². The van der Waals surface area contributed by atoms with E-state index < -0.39 is 0 Å². The van der Waals surface area contributed by atoms with E-state index in [1.165, 1.54) is 5.56 Å². The highest BCUT2D eigenvalue weighted by Gasteiger charge is 2.20. The third kappa shape index (κ3) is 4.51. The van der Waals surface area contributed by atoms with Crippen molar-refractivity contribution in [3.63, 3.8) is 0 Å². The number of nitrogens with zero attached hydrogens (tertiary/aromatic N) is 5. The van der Waals surface area contributed by atoms with Crippen LogP contribution < -0.4 is 15.1 Å². The maximum absolute atomic E-state index is 12.6. The molecule has 1 fully saturated rings. The van der Waals surface area contributed by atoms with Gasteiger partial charge in [0.05, 0.1) is 17.4 Å². The number of anilines is 2. The zero-order valence-corrected chi connectivity index (χ0v) is 16.5. The predicted molar refractivity (Wildman–Crippen MR) is 113 cm³/mol. The van der Waals surface area contributed by atoms with Crippen molar-refractivity contribution in [1.82, 2.24) is 20.3 Å². The van der Waals surface area contributed by atoms with E-state index in [0.29, 0.717) is 12.1 Å². The molecule has 7 heteroatoms. The van der Waals surface area contributed by atoms with Crippen molar-refractivity contribution in [2.24, 2.45) is 0 Å². The number of piperazine rings is 1. The molecule has 0 saturated carbocycles. The molecule has 1 aliphatic heterocycles. The minimum atomic E-state index is -0.112. The first-order valence-corrected chi connectivity index (χ1v) is 9.75. The van der Waals surface area contributed by atoms with E-state index in [4.69, 9.17) is 0 Å². The Bertz CT molecular complexity index is 970. The molecular weight excluding hydrogens is 364 g/mol. The molecule has 148 valence electrons. The molecule has 1 aliphatic rings. The van der Waals surface area contributed by atoms with Crippen LogP contribution >= 0.6 is 0 Å².